The number of ketones is 1. The molecule has 35 heavy (non-hydrogen) atoms. The number of dihydropyridines is 1. The Morgan fingerprint density at radius 2 is 1.83 bits per heavy atom. The van der Waals surface area contributed by atoms with E-state index in [4.69, 9.17) is 14.2 Å². The molecule has 0 saturated heterocycles. The van der Waals surface area contributed by atoms with Crippen LogP contribution in [0, 0.1) is 5.41 Å². The highest BCUT2D eigenvalue weighted by atomic mass is 16.5. The summed E-state index contributed by atoms with van der Waals surface area (Å²) in [6, 6.07) is 15.2. The van der Waals surface area contributed by atoms with E-state index in [9.17, 15) is 9.59 Å². The summed E-state index contributed by atoms with van der Waals surface area (Å²) < 4.78 is 17.0. The maximum atomic E-state index is 13.5. The second-order valence-electron chi connectivity index (χ2n) is 9.83. The first-order chi connectivity index (χ1) is 16.7. The molecule has 1 aliphatic heterocycles. The normalized spacial score (nSPS) is 19.1. The minimum absolute atomic E-state index is 0.0439. The molecule has 0 fully saturated rings. The van der Waals surface area contributed by atoms with Crippen molar-refractivity contribution in [1.82, 2.24) is 5.32 Å². The molecule has 0 amide bonds. The highest BCUT2D eigenvalue weighted by molar-refractivity contribution is 6.04. The number of carbonyl (C=O) groups excluding carboxylic acids is 2. The zero-order valence-electron chi connectivity index (χ0n) is 21.1. The molecule has 0 bridgehead atoms. The number of hydrogen-bond donors (Lipinski definition) is 1. The highest BCUT2D eigenvalue weighted by Crippen LogP contribution is 2.48. The van der Waals surface area contributed by atoms with Crippen molar-refractivity contribution in [3.05, 3.63) is 82.2 Å². The Bertz CT molecular complexity index is 1190. The van der Waals surface area contributed by atoms with Crippen LogP contribution in [0.25, 0.3) is 0 Å². The molecule has 0 aromatic heterocycles. The Hall–Kier alpha value is -3.54. The van der Waals surface area contributed by atoms with Gasteiger partial charge in [0.1, 0.15) is 6.61 Å². The van der Waals surface area contributed by atoms with E-state index in [1.54, 1.807) is 7.11 Å². The second-order valence-corrected chi connectivity index (χ2v) is 9.83. The number of esters is 1. The molecule has 6 heteroatoms. The average Bonchev–Trinajstić information content (AvgIpc) is 2.82. The van der Waals surface area contributed by atoms with Crippen molar-refractivity contribution in [3.8, 4) is 11.5 Å². The minimum Gasteiger partial charge on any atom is -0.493 e. The van der Waals surface area contributed by atoms with E-state index in [0.29, 0.717) is 41.4 Å². The van der Waals surface area contributed by atoms with Crippen LogP contribution in [0.5, 0.6) is 11.5 Å². The Labute approximate surface area is 207 Å². The van der Waals surface area contributed by atoms with E-state index < -0.39 is 11.9 Å². The van der Waals surface area contributed by atoms with Crippen LogP contribution in [-0.2, 0) is 20.9 Å². The van der Waals surface area contributed by atoms with Gasteiger partial charge in [-0.15, -0.1) is 0 Å². The fourth-order valence-electron chi connectivity index (χ4n) is 4.98. The first-order valence-corrected chi connectivity index (χ1v) is 12.0. The minimum atomic E-state index is -0.553. The lowest BCUT2D eigenvalue weighted by atomic mass is 9.68. The van der Waals surface area contributed by atoms with E-state index in [1.807, 2.05) is 62.4 Å². The van der Waals surface area contributed by atoms with Gasteiger partial charge in [-0.25, -0.2) is 4.79 Å². The maximum Gasteiger partial charge on any atom is 0.337 e. The molecule has 1 atom stereocenters. The van der Waals surface area contributed by atoms with Gasteiger partial charge in [0.05, 0.1) is 19.3 Å². The number of Topliss-reactive ketones (excluding diaryl/α,β-unsaturated/α-hetero) is 1. The summed E-state index contributed by atoms with van der Waals surface area (Å²) in [5.74, 6) is 0.223. The number of allylic oxidation sites excluding steroid dienone is 3. The third-order valence-electron chi connectivity index (χ3n) is 6.49. The number of nitrogens with one attached hydrogen (secondary N) is 1. The number of ether oxygens (including phenoxy) is 3. The van der Waals surface area contributed by atoms with Crippen LogP contribution in [0.1, 0.15) is 57.6 Å². The number of carbonyl (C=O) groups is 2. The third-order valence-corrected chi connectivity index (χ3v) is 6.49. The third kappa shape index (κ3) is 5.11. The van der Waals surface area contributed by atoms with Gasteiger partial charge in [-0.2, -0.15) is 0 Å². The van der Waals surface area contributed by atoms with E-state index >= 15 is 0 Å². The smallest absolute Gasteiger partial charge is 0.337 e. The van der Waals surface area contributed by atoms with E-state index in [-0.39, 0.29) is 17.8 Å². The van der Waals surface area contributed by atoms with Crippen LogP contribution in [0.3, 0.4) is 0 Å². The zero-order chi connectivity index (χ0) is 25.2. The quantitative estimate of drug-likeness (QED) is 0.538. The van der Waals surface area contributed by atoms with Gasteiger partial charge in [-0.05, 0) is 48.9 Å². The second kappa shape index (κ2) is 9.98. The summed E-state index contributed by atoms with van der Waals surface area (Å²) in [4.78, 5) is 27.0. The van der Waals surface area contributed by atoms with Gasteiger partial charge in [0.15, 0.2) is 17.3 Å². The van der Waals surface area contributed by atoms with Crippen LogP contribution in [0.4, 0.5) is 0 Å². The summed E-state index contributed by atoms with van der Waals surface area (Å²) >= 11 is 0. The Kier molecular flexibility index (Phi) is 7.01. The number of methoxy groups -OCH3 is 1. The fraction of sp³-hybridized carbons (Fsp3) is 0.379. The predicted octanol–water partition coefficient (Wildman–Crippen LogP) is 5.44. The lowest BCUT2D eigenvalue weighted by Crippen LogP contribution is -2.38. The standard InChI is InChI=1S/C29H33NO5/c1-6-34-23-13-12-20(14-24(23)33-5)26-25(28(32)35-17-19-10-8-7-9-11-19)18(2)30-21-15-29(3,4)16-22(31)27(21)26/h7-14,26,30H,6,15-17H2,1-5H3/t26-/m0/s1. The van der Waals surface area contributed by atoms with Gasteiger partial charge >= 0.3 is 5.97 Å². The molecule has 0 spiro atoms. The monoisotopic (exact) mass is 475 g/mol. The molecule has 6 nitrogen and oxygen atoms in total. The highest BCUT2D eigenvalue weighted by Gasteiger charge is 2.43. The van der Waals surface area contributed by atoms with Crippen LogP contribution in [-0.4, -0.2) is 25.5 Å². The molecular weight excluding hydrogens is 442 g/mol. The van der Waals surface area contributed by atoms with Crippen molar-refractivity contribution in [2.45, 2.75) is 53.1 Å². The van der Waals surface area contributed by atoms with E-state index in [1.165, 1.54) is 0 Å². The van der Waals surface area contributed by atoms with Gasteiger partial charge in [0.2, 0.25) is 0 Å². The molecule has 1 N–H and O–H groups in total. The molecule has 0 radical (unpaired) electrons. The van der Waals surface area contributed by atoms with Crippen LogP contribution < -0.4 is 14.8 Å². The largest absolute Gasteiger partial charge is 0.493 e. The molecule has 1 aliphatic carbocycles. The summed E-state index contributed by atoms with van der Waals surface area (Å²) in [5.41, 5.74) is 4.18. The fourth-order valence-corrected chi connectivity index (χ4v) is 4.98. The molecule has 184 valence electrons. The molecular formula is C29H33NO5. The molecule has 4 rings (SSSR count). The summed E-state index contributed by atoms with van der Waals surface area (Å²) in [6.07, 6.45) is 1.14. The van der Waals surface area contributed by atoms with Crippen molar-refractivity contribution in [2.24, 2.45) is 5.41 Å². The predicted molar refractivity (Wildman–Crippen MR) is 134 cm³/mol. The number of benzene rings is 2. The Balaban J connectivity index is 1.77. The first kappa shape index (κ1) is 24.6. The number of rotatable bonds is 7. The van der Waals surface area contributed by atoms with Gasteiger partial charge in [0, 0.05) is 29.3 Å². The number of hydrogen-bond acceptors (Lipinski definition) is 6. The van der Waals surface area contributed by atoms with Gasteiger partial charge < -0.3 is 19.5 Å². The SMILES string of the molecule is CCOc1ccc([C@H]2C(C(=O)OCc3ccccc3)=C(C)NC3=C2C(=O)CC(C)(C)C3)cc1OC. The van der Waals surface area contributed by atoms with Gasteiger partial charge in [-0.1, -0.05) is 50.2 Å². The molecule has 0 unspecified atom stereocenters. The van der Waals surface area contributed by atoms with E-state index in [0.717, 1.165) is 23.2 Å². The molecule has 2 aromatic rings. The average molecular weight is 476 g/mol. The first-order valence-electron chi connectivity index (χ1n) is 12.0. The molecule has 2 aliphatic rings. The Morgan fingerprint density at radius 1 is 1.09 bits per heavy atom. The Morgan fingerprint density at radius 3 is 2.51 bits per heavy atom. The molecule has 0 saturated carbocycles. The lowest BCUT2D eigenvalue weighted by molar-refractivity contribution is -0.140. The van der Waals surface area contributed by atoms with Crippen LogP contribution in [0.15, 0.2) is 71.1 Å². The zero-order valence-corrected chi connectivity index (χ0v) is 21.1. The van der Waals surface area contributed by atoms with Crippen molar-refractivity contribution >= 4 is 11.8 Å². The van der Waals surface area contributed by atoms with Crippen LogP contribution in [0.2, 0.25) is 0 Å². The summed E-state index contributed by atoms with van der Waals surface area (Å²) in [6.45, 7) is 8.62. The lowest BCUT2D eigenvalue weighted by Gasteiger charge is -2.39. The summed E-state index contributed by atoms with van der Waals surface area (Å²) in [5, 5.41) is 3.38. The molecule has 2 aromatic carbocycles. The molecule has 1 heterocycles. The van der Waals surface area contributed by atoms with Crippen molar-refractivity contribution in [2.75, 3.05) is 13.7 Å². The van der Waals surface area contributed by atoms with Crippen LogP contribution >= 0.6 is 0 Å². The summed E-state index contributed by atoms with van der Waals surface area (Å²) in [7, 11) is 1.58. The van der Waals surface area contributed by atoms with Crippen molar-refractivity contribution in [3.63, 3.8) is 0 Å². The maximum absolute atomic E-state index is 13.5. The van der Waals surface area contributed by atoms with Crippen molar-refractivity contribution < 1.29 is 23.8 Å². The van der Waals surface area contributed by atoms with Crippen molar-refractivity contribution in [1.29, 1.82) is 0 Å². The van der Waals surface area contributed by atoms with Gasteiger partial charge in [-0.3, -0.25) is 4.79 Å². The van der Waals surface area contributed by atoms with E-state index in [2.05, 4.69) is 19.2 Å². The topological polar surface area (TPSA) is 73.9 Å². The van der Waals surface area contributed by atoms with Gasteiger partial charge in [0.25, 0.3) is 0 Å².